The van der Waals surface area contributed by atoms with Gasteiger partial charge in [-0.15, -0.1) is 0 Å². The number of aromatic nitrogens is 2. The zero-order chi connectivity index (χ0) is 21.5. The van der Waals surface area contributed by atoms with E-state index < -0.39 is 11.9 Å². The van der Waals surface area contributed by atoms with Gasteiger partial charge in [0.15, 0.2) is 11.6 Å². The molecule has 0 atom stereocenters. The number of benzene rings is 2. The summed E-state index contributed by atoms with van der Waals surface area (Å²) in [7, 11) is 0. The smallest absolute Gasteiger partial charge is 0.274 e. The molecule has 0 saturated heterocycles. The van der Waals surface area contributed by atoms with Gasteiger partial charge in [-0.2, -0.15) is 0 Å². The Bertz CT molecular complexity index is 1040. The average molecular weight is 406 g/mol. The van der Waals surface area contributed by atoms with Crippen molar-refractivity contribution in [3.8, 4) is 11.4 Å². The van der Waals surface area contributed by atoms with Crippen LogP contribution in [0.25, 0.3) is 11.4 Å². The van der Waals surface area contributed by atoms with Gasteiger partial charge >= 0.3 is 0 Å². The Balaban J connectivity index is 1.98. The highest BCUT2D eigenvalue weighted by atomic mass is 16.3. The first-order chi connectivity index (χ1) is 14.5. The Hall–Kier alpha value is -3.62. The molecule has 0 aliphatic heterocycles. The maximum Gasteiger partial charge on any atom is 0.274 e. The summed E-state index contributed by atoms with van der Waals surface area (Å²) in [5, 5.41) is 24.3. The number of carbonyl (C=O) groups is 2. The highest BCUT2D eigenvalue weighted by Gasteiger charge is 2.17. The Morgan fingerprint density at radius 3 is 2.30 bits per heavy atom. The second kappa shape index (κ2) is 9.73. The van der Waals surface area contributed by atoms with Crippen LogP contribution in [0.2, 0.25) is 0 Å². The van der Waals surface area contributed by atoms with E-state index in [2.05, 4.69) is 20.6 Å². The van der Waals surface area contributed by atoms with Crippen LogP contribution in [-0.2, 0) is 0 Å². The maximum absolute atomic E-state index is 12.9. The van der Waals surface area contributed by atoms with Crippen molar-refractivity contribution in [1.29, 1.82) is 0 Å². The largest absolute Gasteiger partial charge is 0.394 e. The van der Waals surface area contributed by atoms with Crippen LogP contribution >= 0.6 is 0 Å². The molecule has 30 heavy (non-hydrogen) atoms. The van der Waals surface area contributed by atoms with Gasteiger partial charge in [-0.05, 0) is 19.1 Å². The Morgan fingerprint density at radius 1 is 0.967 bits per heavy atom. The minimum absolute atomic E-state index is 0.0688. The van der Waals surface area contributed by atoms with Crippen LogP contribution < -0.4 is 10.6 Å². The predicted octanol–water partition coefficient (Wildman–Crippen LogP) is 2.36. The van der Waals surface area contributed by atoms with Gasteiger partial charge in [0.05, 0.1) is 24.9 Å². The van der Waals surface area contributed by atoms with E-state index in [1.54, 1.807) is 36.4 Å². The van der Waals surface area contributed by atoms with E-state index in [9.17, 15) is 19.8 Å². The highest BCUT2D eigenvalue weighted by Crippen LogP contribution is 2.21. The SMILES string of the molecule is CC(=O)c1ccccc1NC(=O)c1cc(NC(CO)CO)nc(-c2ccccc2)n1. The number of aliphatic hydroxyl groups is 2. The van der Waals surface area contributed by atoms with Crippen molar-refractivity contribution in [2.75, 3.05) is 23.8 Å². The second-order valence-electron chi connectivity index (χ2n) is 6.59. The minimum atomic E-state index is -0.641. The van der Waals surface area contributed by atoms with E-state index >= 15 is 0 Å². The van der Waals surface area contributed by atoms with Crippen molar-refractivity contribution >= 4 is 23.2 Å². The molecule has 2 aromatic carbocycles. The molecule has 8 nitrogen and oxygen atoms in total. The van der Waals surface area contributed by atoms with Gasteiger partial charge in [0, 0.05) is 17.2 Å². The molecule has 3 aromatic rings. The maximum atomic E-state index is 12.9. The van der Waals surface area contributed by atoms with Crippen LogP contribution in [0.5, 0.6) is 0 Å². The van der Waals surface area contributed by atoms with Gasteiger partial charge in [-0.3, -0.25) is 9.59 Å². The lowest BCUT2D eigenvalue weighted by atomic mass is 10.1. The number of hydrogen-bond acceptors (Lipinski definition) is 7. The Kier molecular flexibility index (Phi) is 6.84. The minimum Gasteiger partial charge on any atom is -0.394 e. The van der Waals surface area contributed by atoms with Gasteiger partial charge in [-0.1, -0.05) is 42.5 Å². The fourth-order valence-corrected chi connectivity index (χ4v) is 2.80. The van der Waals surface area contributed by atoms with Crippen molar-refractivity contribution < 1.29 is 19.8 Å². The first-order valence-electron chi connectivity index (χ1n) is 9.36. The molecule has 4 N–H and O–H groups in total. The third kappa shape index (κ3) is 5.05. The molecule has 0 aliphatic carbocycles. The molecule has 0 spiro atoms. The summed E-state index contributed by atoms with van der Waals surface area (Å²) in [5.41, 5.74) is 1.54. The number of anilines is 2. The number of hydrogen-bond donors (Lipinski definition) is 4. The molecule has 154 valence electrons. The van der Waals surface area contributed by atoms with Crippen LogP contribution in [0, 0.1) is 0 Å². The fraction of sp³-hybridized carbons (Fsp3) is 0.182. The molecule has 3 rings (SSSR count). The summed E-state index contributed by atoms with van der Waals surface area (Å²) in [5.74, 6) is -0.104. The van der Waals surface area contributed by atoms with E-state index in [0.717, 1.165) is 0 Å². The van der Waals surface area contributed by atoms with Crippen LogP contribution in [0.4, 0.5) is 11.5 Å². The topological polar surface area (TPSA) is 124 Å². The Morgan fingerprint density at radius 2 is 1.63 bits per heavy atom. The molecule has 0 unspecified atom stereocenters. The van der Waals surface area contributed by atoms with Crippen LogP contribution in [0.1, 0.15) is 27.8 Å². The van der Waals surface area contributed by atoms with Gasteiger partial charge < -0.3 is 20.8 Å². The summed E-state index contributed by atoms with van der Waals surface area (Å²) in [6.45, 7) is 0.804. The van der Waals surface area contributed by atoms with Gasteiger partial charge in [0.25, 0.3) is 5.91 Å². The summed E-state index contributed by atoms with van der Waals surface area (Å²) < 4.78 is 0. The van der Waals surface area contributed by atoms with Gasteiger partial charge in [0.1, 0.15) is 11.5 Å². The number of aliphatic hydroxyl groups excluding tert-OH is 2. The number of nitrogens with one attached hydrogen (secondary N) is 2. The van der Waals surface area contributed by atoms with E-state index in [1.807, 2.05) is 18.2 Å². The lowest BCUT2D eigenvalue weighted by Gasteiger charge is -2.16. The lowest BCUT2D eigenvalue weighted by molar-refractivity contribution is 0.101. The van der Waals surface area contributed by atoms with Crippen LogP contribution in [0.3, 0.4) is 0 Å². The summed E-state index contributed by atoms with van der Waals surface area (Å²) in [4.78, 5) is 33.5. The number of carbonyl (C=O) groups excluding carboxylic acids is 2. The predicted molar refractivity (Wildman–Crippen MR) is 113 cm³/mol. The third-order valence-corrected chi connectivity index (χ3v) is 4.34. The van der Waals surface area contributed by atoms with Gasteiger partial charge in [-0.25, -0.2) is 9.97 Å². The number of ketones is 1. The standard InChI is InChI=1S/C22H22N4O4/c1-14(29)17-9-5-6-10-18(17)25-22(30)19-11-20(23-16(12-27)13-28)26-21(24-19)15-7-3-2-4-8-15/h2-11,16,27-28H,12-13H2,1H3,(H,25,30)(H,23,24,26). The molecule has 1 amide bonds. The number of nitrogens with zero attached hydrogens (tertiary/aromatic N) is 2. The number of para-hydroxylation sites is 1. The lowest BCUT2D eigenvalue weighted by Crippen LogP contribution is -2.28. The molecule has 0 fully saturated rings. The fourth-order valence-electron chi connectivity index (χ4n) is 2.80. The van der Waals surface area contributed by atoms with Crippen molar-refractivity contribution in [3.05, 3.63) is 71.9 Å². The van der Waals surface area contributed by atoms with Crippen LogP contribution in [0.15, 0.2) is 60.7 Å². The van der Waals surface area contributed by atoms with Crippen molar-refractivity contribution in [1.82, 2.24) is 9.97 Å². The van der Waals surface area contributed by atoms with Crippen molar-refractivity contribution in [3.63, 3.8) is 0 Å². The molecule has 0 aliphatic rings. The zero-order valence-electron chi connectivity index (χ0n) is 16.4. The van der Waals surface area contributed by atoms with Crippen molar-refractivity contribution in [2.24, 2.45) is 0 Å². The zero-order valence-corrected chi connectivity index (χ0v) is 16.4. The average Bonchev–Trinajstić information content (AvgIpc) is 2.78. The second-order valence-corrected chi connectivity index (χ2v) is 6.59. The number of rotatable bonds is 8. The summed E-state index contributed by atoms with van der Waals surface area (Å²) in [6, 6.07) is 16.6. The molecule has 1 aromatic heterocycles. The highest BCUT2D eigenvalue weighted by molar-refractivity contribution is 6.08. The van der Waals surface area contributed by atoms with Crippen LogP contribution in [-0.4, -0.2) is 51.1 Å². The Labute approximate surface area is 173 Å². The monoisotopic (exact) mass is 406 g/mol. The molecule has 0 radical (unpaired) electrons. The molecule has 8 heteroatoms. The van der Waals surface area contributed by atoms with E-state index in [1.165, 1.54) is 13.0 Å². The van der Waals surface area contributed by atoms with E-state index in [-0.39, 0.29) is 30.5 Å². The molecule has 0 bridgehead atoms. The normalized spacial score (nSPS) is 10.7. The number of Topliss-reactive ketones (excluding diaryl/α,β-unsaturated/α-hetero) is 1. The number of amides is 1. The molecular weight excluding hydrogens is 384 g/mol. The first kappa shape index (κ1) is 21.1. The first-order valence-corrected chi connectivity index (χ1v) is 9.36. The molecule has 1 heterocycles. The van der Waals surface area contributed by atoms with E-state index in [4.69, 9.17) is 0 Å². The summed E-state index contributed by atoms with van der Waals surface area (Å²) in [6.07, 6.45) is 0. The van der Waals surface area contributed by atoms with Gasteiger partial charge in [0.2, 0.25) is 0 Å². The third-order valence-electron chi connectivity index (χ3n) is 4.34. The molecule has 0 saturated carbocycles. The quantitative estimate of drug-likeness (QED) is 0.423. The van der Waals surface area contributed by atoms with Crippen molar-refractivity contribution in [2.45, 2.75) is 13.0 Å². The van der Waals surface area contributed by atoms with E-state index in [0.29, 0.717) is 22.6 Å². The molecular formula is C22H22N4O4. The summed E-state index contributed by atoms with van der Waals surface area (Å²) >= 11 is 0.